The van der Waals surface area contributed by atoms with Gasteiger partial charge in [-0.2, -0.15) is 5.10 Å². The van der Waals surface area contributed by atoms with E-state index in [-0.39, 0.29) is 0 Å². The van der Waals surface area contributed by atoms with Crippen LogP contribution in [0.25, 0.3) is 5.65 Å². The van der Waals surface area contributed by atoms with Crippen LogP contribution in [0.1, 0.15) is 11.3 Å². The summed E-state index contributed by atoms with van der Waals surface area (Å²) in [4.78, 5) is 8.54. The van der Waals surface area contributed by atoms with E-state index in [1.807, 2.05) is 37.5 Å². The highest BCUT2D eigenvalue weighted by Gasteiger charge is 2.02. The van der Waals surface area contributed by atoms with E-state index in [9.17, 15) is 0 Å². The highest BCUT2D eigenvalue weighted by molar-refractivity contribution is 9.10. The fraction of sp³-hybridized carbons (Fsp3) is 0.154. The molecule has 5 nitrogen and oxygen atoms in total. The van der Waals surface area contributed by atoms with Gasteiger partial charge in [-0.3, -0.25) is 0 Å². The summed E-state index contributed by atoms with van der Waals surface area (Å²) in [6, 6.07) is 5.82. The van der Waals surface area contributed by atoms with Crippen molar-refractivity contribution in [3.8, 4) is 0 Å². The van der Waals surface area contributed by atoms with E-state index >= 15 is 0 Å². The molecule has 0 aliphatic rings. The molecule has 0 fully saturated rings. The third-order valence-corrected chi connectivity index (χ3v) is 3.36. The molecule has 0 radical (unpaired) electrons. The van der Waals surface area contributed by atoms with Crippen LogP contribution in [0.3, 0.4) is 0 Å². The van der Waals surface area contributed by atoms with E-state index < -0.39 is 0 Å². The van der Waals surface area contributed by atoms with Crippen molar-refractivity contribution in [2.75, 3.05) is 5.32 Å². The molecule has 6 heteroatoms. The van der Waals surface area contributed by atoms with Crippen LogP contribution in [-0.2, 0) is 6.54 Å². The predicted octanol–water partition coefficient (Wildman–Crippen LogP) is 2.81. The Bertz CT molecular complexity index is 722. The summed E-state index contributed by atoms with van der Waals surface area (Å²) in [6.07, 6.45) is 5.58. The number of halogens is 1. The molecule has 3 aromatic rings. The van der Waals surface area contributed by atoms with Crippen LogP contribution in [0.5, 0.6) is 0 Å². The van der Waals surface area contributed by atoms with Gasteiger partial charge in [0.25, 0.3) is 0 Å². The van der Waals surface area contributed by atoms with Gasteiger partial charge in [-0.1, -0.05) is 0 Å². The second kappa shape index (κ2) is 4.97. The SMILES string of the molecule is Cc1cc2ncc(CNc3cccnc3Br)cn2n1. The Balaban J connectivity index is 1.80. The first-order valence-corrected chi connectivity index (χ1v) is 6.67. The first-order valence-electron chi connectivity index (χ1n) is 5.88. The first-order chi connectivity index (χ1) is 9.22. The van der Waals surface area contributed by atoms with E-state index in [0.717, 1.165) is 27.2 Å². The van der Waals surface area contributed by atoms with E-state index in [1.54, 1.807) is 10.7 Å². The van der Waals surface area contributed by atoms with Crippen LogP contribution in [0.4, 0.5) is 5.69 Å². The molecule has 0 aromatic carbocycles. The minimum absolute atomic E-state index is 0.673. The topological polar surface area (TPSA) is 55.1 Å². The van der Waals surface area contributed by atoms with Crippen LogP contribution < -0.4 is 5.32 Å². The molecular formula is C13H12BrN5. The summed E-state index contributed by atoms with van der Waals surface area (Å²) in [5, 5.41) is 7.66. The number of nitrogens with zero attached hydrogens (tertiary/aromatic N) is 4. The van der Waals surface area contributed by atoms with Crippen molar-refractivity contribution in [1.82, 2.24) is 19.6 Å². The van der Waals surface area contributed by atoms with Gasteiger partial charge in [0.1, 0.15) is 4.60 Å². The Kier molecular flexibility index (Phi) is 3.16. The normalized spacial score (nSPS) is 10.8. The summed E-state index contributed by atoms with van der Waals surface area (Å²) < 4.78 is 2.60. The van der Waals surface area contributed by atoms with Crippen molar-refractivity contribution in [1.29, 1.82) is 0 Å². The number of aromatic nitrogens is 4. The number of fused-ring (bicyclic) bond motifs is 1. The van der Waals surface area contributed by atoms with Gasteiger partial charge < -0.3 is 5.32 Å². The molecule has 0 atom stereocenters. The molecule has 0 amide bonds. The Hall–Kier alpha value is -1.95. The lowest BCUT2D eigenvalue weighted by molar-refractivity contribution is 0.895. The zero-order chi connectivity index (χ0) is 13.2. The molecule has 0 saturated carbocycles. The maximum atomic E-state index is 4.37. The first kappa shape index (κ1) is 12.1. The minimum Gasteiger partial charge on any atom is -0.379 e. The van der Waals surface area contributed by atoms with Gasteiger partial charge >= 0.3 is 0 Å². The Morgan fingerprint density at radius 2 is 2.26 bits per heavy atom. The molecule has 0 spiro atoms. The standard InChI is InChI=1S/C13H12BrN5/c1-9-5-12-17-7-10(8-19(12)18-9)6-16-11-3-2-4-15-13(11)14/h2-5,7-8,16H,6H2,1H3. The molecule has 96 valence electrons. The summed E-state index contributed by atoms with van der Waals surface area (Å²) in [5.41, 5.74) is 3.85. The zero-order valence-electron chi connectivity index (χ0n) is 10.3. The predicted molar refractivity (Wildman–Crippen MR) is 77.0 cm³/mol. The number of pyridine rings is 1. The number of hydrogen-bond donors (Lipinski definition) is 1. The van der Waals surface area contributed by atoms with Crippen molar-refractivity contribution in [2.45, 2.75) is 13.5 Å². The average molecular weight is 318 g/mol. The van der Waals surface area contributed by atoms with Gasteiger partial charge in [-0.05, 0) is 35.0 Å². The lowest BCUT2D eigenvalue weighted by atomic mass is 10.3. The van der Waals surface area contributed by atoms with E-state index in [0.29, 0.717) is 6.54 Å². The summed E-state index contributed by atoms with van der Waals surface area (Å²) in [7, 11) is 0. The minimum atomic E-state index is 0.673. The highest BCUT2D eigenvalue weighted by Crippen LogP contribution is 2.19. The van der Waals surface area contributed by atoms with Crippen molar-refractivity contribution >= 4 is 27.3 Å². The lowest BCUT2D eigenvalue weighted by Crippen LogP contribution is -2.03. The van der Waals surface area contributed by atoms with E-state index in [4.69, 9.17) is 0 Å². The Morgan fingerprint density at radius 1 is 1.37 bits per heavy atom. The van der Waals surface area contributed by atoms with Crippen molar-refractivity contribution in [2.24, 2.45) is 0 Å². The van der Waals surface area contributed by atoms with Crippen molar-refractivity contribution in [3.63, 3.8) is 0 Å². The molecule has 0 aliphatic heterocycles. The third-order valence-electron chi connectivity index (χ3n) is 2.73. The molecule has 0 saturated heterocycles. The quantitative estimate of drug-likeness (QED) is 0.755. The fourth-order valence-corrected chi connectivity index (χ4v) is 2.23. The van der Waals surface area contributed by atoms with E-state index in [1.165, 1.54) is 0 Å². The monoisotopic (exact) mass is 317 g/mol. The number of nitrogens with one attached hydrogen (secondary N) is 1. The summed E-state index contributed by atoms with van der Waals surface area (Å²) in [6.45, 7) is 2.63. The summed E-state index contributed by atoms with van der Waals surface area (Å²) >= 11 is 3.41. The van der Waals surface area contributed by atoms with Gasteiger partial charge in [-0.25, -0.2) is 14.5 Å². The van der Waals surface area contributed by atoms with Crippen LogP contribution in [0.15, 0.2) is 41.4 Å². The fourth-order valence-electron chi connectivity index (χ4n) is 1.84. The van der Waals surface area contributed by atoms with Crippen molar-refractivity contribution < 1.29 is 0 Å². The van der Waals surface area contributed by atoms with Crippen LogP contribution in [-0.4, -0.2) is 19.6 Å². The molecule has 0 unspecified atom stereocenters. The lowest BCUT2D eigenvalue weighted by Gasteiger charge is -2.07. The van der Waals surface area contributed by atoms with E-state index in [2.05, 4.69) is 36.3 Å². The molecule has 3 rings (SSSR count). The smallest absolute Gasteiger partial charge is 0.155 e. The number of aryl methyl sites for hydroxylation is 1. The third kappa shape index (κ3) is 2.58. The maximum Gasteiger partial charge on any atom is 0.155 e. The zero-order valence-corrected chi connectivity index (χ0v) is 11.9. The van der Waals surface area contributed by atoms with Gasteiger partial charge in [0.15, 0.2) is 5.65 Å². The molecule has 19 heavy (non-hydrogen) atoms. The van der Waals surface area contributed by atoms with Crippen LogP contribution in [0, 0.1) is 6.92 Å². The van der Waals surface area contributed by atoms with Gasteiger partial charge in [0, 0.05) is 36.8 Å². The molecule has 1 N–H and O–H groups in total. The number of rotatable bonds is 3. The van der Waals surface area contributed by atoms with Crippen LogP contribution >= 0.6 is 15.9 Å². The van der Waals surface area contributed by atoms with Gasteiger partial charge in [-0.15, -0.1) is 0 Å². The number of hydrogen-bond acceptors (Lipinski definition) is 4. The molecule has 3 aromatic heterocycles. The Morgan fingerprint density at radius 3 is 3.11 bits per heavy atom. The average Bonchev–Trinajstić information content (AvgIpc) is 2.77. The molecule has 0 aliphatic carbocycles. The highest BCUT2D eigenvalue weighted by atomic mass is 79.9. The Labute approximate surface area is 118 Å². The van der Waals surface area contributed by atoms with Gasteiger partial charge in [0.05, 0.1) is 11.4 Å². The molecule has 0 bridgehead atoms. The van der Waals surface area contributed by atoms with Crippen LogP contribution in [0.2, 0.25) is 0 Å². The summed E-state index contributed by atoms with van der Waals surface area (Å²) in [5.74, 6) is 0. The maximum absolute atomic E-state index is 4.37. The molecule has 3 heterocycles. The van der Waals surface area contributed by atoms with Gasteiger partial charge in [0.2, 0.25) is 0 Å². The second-order valence-corrected chi connectivity index (χ2v) is 5.00. The molecular weight excluding hydrogens is 306 g/mol. The number of anilines is 1. The second-order valence-electron chi connectivity index (χ2n) is 4.25. The van der Waals surface area contributed by atoms with Crippen molar-refractivity contribution in [3.05, 3.63) is 52.7 Å². The largest absolute Gasteiger partial charge is 0.379 e.